The van der Waals surface area contributed by atoms with Gasteiger partial charge in [0.25, 0.3) is 5.91 Å². The third-order valence-corrected chi connectivity index (χ3v) is 4.70. The maximum Gasteiger partial charge on any atom is 0.254 e. The highest BCUT2D eigenvalue weighted by atomic mass is 32.1. The van der Waals surface area contributed by atoms with E-state index in [0.717, 1.165) is 16.6 Å². The second kappa shape index (κ2) is 5.61. The van der Waals surface area contributed by atoms with Gasteiger partial charge in [0, 0.05) is 12.1 Å². The molecular formula is C15H19N3O2S. The molecule has 2 unspecified atom stereocenters. The van der Waals surface area contributed by atoms with Gasteiger partial charge in [-0.1, -0.05) is 18.3 Å². The van der Waals surface area contributed by atoms with E-state index in [-0.39, 0.29) is 18.1 Å². The van der Waals surface area contributed by atoms with Gasteiger partial charge in [0.1, 0.15) is 0 Å². The molecule has 112 valence electrons. The van der Waals surface area contributed by atoms with Gasteiger partial charge < -0.3 is 15.4 Å². The highest BCUT2D eigenvalue weighted by molar-refractivity contribution is 7.22. The number of aromatic nitrogens is 1. The molecule has 1 aromatic carbocycles. The number of rotatable bonds is 2. The number of morpholine rings is 1. The highest BCUT2D eigenvalue weighted by Crippen LogP contribution is 2.26. The van der Waals surface area contributed by atoms with Crippen molar-refractivity contribution in [2.45, 2.75) is 32.4 Å². The minimum atomic E-state index is 0.0610. The second-order valence-corrected chi connectivity index (χ2v) is 6.46. The van der Waals surface area contributed by atoms with Crippen LogP contribution >= 0.6 is 11.3 Å². The maximum atomic E-state index is 12.8. The Kier molecular flexibility index (Phi) is 3.82. The Labute approximate surface area is 127 Å². The first kappa shape index (κ1) is 14.3. The number of carbonyl (C=O) groups excluding carboxylic acids is 1. The van der Waals surface area contributed by atoms with Crippen molar-refractivity contribution in [2.24, 2.45) is 0 Å². The lowest BCUT2D eigenvalue weighted by atomic mass is 10.1. The first-order valence-electron chi connectivity index (χ1n) is 7.17. The molecule has 0 aliphatic carbocycles. The van der Waals surface area contributed by atoms with E-state index in [0.29, 0.717) is 23.8 Å². The summed E-state index contributed by atoms with van der Waals surface area (Å²) in [4.78, 5) is 18.9. The topological polar surface area (TPSA) is 68.5 Å². The molecule has 2 N–H and O–H groups in total. The fourth-order valence-electron chi connectivity index (χ4n) is 2.67. The molecule has 2 aromatic rings. The lowest BCUT2D eigenvalue weighted by Gasteiger charge is -2.38. The number of hydrogen-bond acceptors (Lipinski definition) is 5. The summed E-state index contributed by atoms with van der Waals surface area (Å²) in [6, 6.07) is 5.73. The number of anilines is 1. The molecule has 1 saturated heterocycles. The average molecular weight is 305 g/mol. The molecule has 0 bridgehead atoms. The predicted molar refractivity (Wildman–Crippen MR) is 84.6 cm³/mol. The Morgan fingerprint density at radius 1 is 1.57 bits per heavy atom. The lowest BCUT2D eigenvalue weighted by molar-refractivity contribution is -0.0443. The molecule has 1 aromatic heterocycles. The summed E-state index contributed by atoms with van der Waals surface area (Å²) in [6.45, 7) is 5.33. The van der Waals surface area contributed by atoms with Gasteiger partial charge >= 0.3 is 0 Å². The van der Waals surface area contributed by atoms with Gasteiger partial charge in [0.2, 0.25) is 0 Å². The molecule has 2 atom stereocenters. The molecule has 6 heteroatoms. The SMILES string of the molecule is CCC1COC(C)CN1C(=O)c1ccc2nc(N)sc2c1. The summed E-state index contributed by atoms with van der Waals surface area (Å²) in [5.74, 6) is 0.0610. The number of ether oxygens (including phenoxy) is 1. The van der Waals surface area contributed by atoms with Crippen LogP contribution in [0.15, 0.2) is 18.2 Å². The van der Waals surface area contributed by atoms with E-state index in [1.807, 2.05) is 30.0 Å². The van der Waals surface area contributed by atoms with E-state index in [4.69, 9.17) is 10.5 Å². The van der Waals surface area contributed by atoms with Crippen LogP contribution in [0.4, 0.5) is 5.13 Å². The number of carbonyl (C=O) groups is 1. The molecule has 3 rings (SSSR count). The summed E-state index contributed by atoms with van der Waals surface area (Å²) in [7, 11) is 0. The minimum absolute atomic E-state index is 0.0610. The van der Waals surface area contributed by atoms with E-state index in [9.17, 15) is 4.79 Å². The van der Waals surface area contributed by atoms with Crippen LogP contribution in [0.3, 0.4) is 0 Å². The smallest absolute Gasteiger partial charge is 0.254 e. The van der Waals surface area contributed by atoms with Crippen molar-refractivity contribution in [3.63, 3.8) is 0 Å². The number of nitrogens with zero attached hydrogens (tertiary/aromatic N) is 2. The molecule has 1 aliphatic rings. The van der Waals surface area contributed by atoms with E-state index in [1.165, 1.54) is 11.3 Å². The Morgan fingerprint density at radius 3 is 3.14 bits per heavy atom. The fraction of sp³-hybridized carbons (Fsp3) is 0.467. The largest absolute Gasteiger partial charge is 0.375 e. The summed E-state index contributed by atoms with van der Waals surface area (Å²) >= 11 is 1.41. The first-order chi connectivity index (χ1) is 10.1. The number of nitrogens with two attached hydrogens (primary N) is 1. The number of nitrogen functional groups attached to an aromatic ring is 1. The molecule has 1 amide bonds. The zero-order chi connectivity index (χ0) is 15.0. The molecule has 5 nitrogen and oxygen atoms in total. The van der Waals surface area contributed by atoms with Crippen LogP contribution in [0, 0.1) is 0 Å². The third-order valence-electron chi connectivity index (χ3n) is 3.85. The van der Waals surface area contributed by atoms with Crippen molar-refractivity contribution in [1.29, 1.82) is 0 Å². The van der Waals surface area contributed by atoms with Crippen LogP contribution < -0.4 is 5.73 Å². The van der Waals surface area contributed by atoms with Crippen LogP contribution in [-0.2, 0) is 4.74 Å². The Bertz CT molecular complexity index is 670. The number of thiazole rings is 1. The molecule has 1 fully saturated rings. The minimum Gasteiger partial charge on any atom is -0.375 e. The van der Waals surface area contributed by atoms with Crippen molar-refractivity contribution in [3.05, 3.63) is 23.8 Å². The van der Waals surface area contributed by atoms with Crippen molar-refractivity contribution >= 4 is 32.6 Å². The Hall–Kier alpha value is -1.66. The van der Waals surface area contributed by atoms with Crippen LogP contribution in [-0.4, -0.2) is 41.1 Å². The van der Waals surface area contributed by atoms with Gasteiger partial charge in [-0.05, 0) is 31.5 Å². The lowest BCUT2D eigenvalue weighted by Crippen LogP contribution is -2.51. The quantitative estimate of drug-likeness (QED) is 0.925. The summed E-state index contributed by atoms with van der Waals surface area (Å²) in [6.07, 6.45) is 0.980. The van der Waals surface area contributed by atoms with Crippen molar-refractivity contribution in [3.8, 4) is 0 Å². The Morgan fingerprint density at radius 2 is 2.38 bits per heavy atom. The molecular weight excluding hydrogens is 286 g/mol. The average Bonchev–Trinajstić information content (AvgIpc) is 2.85. The molecule has 21 heavy (non-hydrogen) atoms. The van der Waals surface area contributed by atoms with E-state index >= 15 is 0 Å². The number of fused-ring (bicyclic) bond motifs is 1. The van der Waals surface area contributed by atoms with E-state index < -0.39 is 0 Å². The van der Waals surface area contributed by atoms with Crippen LogP contribution in [0.2, 0.25) is 0 Å². The molecule has 0 spiro atoms. The monoisotopic (exact) mass is 305 g/mol. The molecule has 2 heterocycles. The van der Waals surface area contributed by atoms with E-state index in [1.54, 1.807) is 0 Å². The van der Waals surface area contributed by atoms with Crippen LogP contribution in [0.5, 0.6) is 0 Å². The Balaban J connectivity index is 1.90. The van der Waals surface area contributed by atoms with Crippen LogP contribution in [0.1, 0.15) is 30.6 Å². The zero-order valence-corrected chi connectivity index (χ0v) is 13.0. The first-order valence-corrected chi connectivity index (χ1v) is 7.98. The van der Waals surface area contributed by atoms with Gasteiger partial charge in [0.15, 0.2) is 5.13 Å². The van der Waals surface area contributed by atoms with Crippen LogP contribution in [0.25, 0.3) is 10.2 Å². The summed E-state index contributed by atoms with van der Waals surface area (Å²) < 4.78 is 6.60. The third kappa shape index (κ3) is 2.73. The van der Waals surface area contributed by atoms with Gasteiger partial charge in [-0.3, -0.25) is 4.79 Å². The zero-order valence-electron chi connectivity index (χ0n) is 12.2. The van der Waals surface area contributed by atoms with Gasteiger partial charge in [-0.25, -0.2) is 4.98 Å². The maximum absolute atomic E-state index is 12.8. The van der Waals surface area contributed by atoms with E-state index in [2.05, 4.69) is 11.9 Å². The number of hydrogen-bond donors (Lipinski definition) is 1. The normalized spacial score (nSPS) is 22.7. The summed E-state index contributed by atoms with van der Waals surface area (Å²) in [5.41, 5.74) is 7.25. The van der Waals surface area contributed by atoms with Gasteiger partial charge in [-0.15, -0.1) is 0 Å². The standard InChI is InChI=1S/C15H19N3O2S/c1-3-11-8-20-9(2)7-18(11)14(19)10-4-5-12-13(6-10)21-15(16)17-12/h4-6,9,11H,3,7-8H2,1-2H3,(H2,16,17). The number of amides is 1. The molecule has 0 saturated carbocycles. The number of benzene rings is 1. The van der Waals surface area contributed by atoms with Crippen molar-refractivity contribution in [2.75, 3.05) is 18.9 Å². The van der Waals surface area contributed by atoms with Crippen molar-refractivity contribution < 1.29 is 9.53 Å². The molecule has 1 aliphatic heterocycles. The fourth-order valence-corrected chi connectivity index (χ4v) is 3.45. The summed E-state index contributed by atoms with van der Waals surface area (Å²) in [5, 5.41) is 0.529. The van der Waals surface area contributed by atoms with Gasteiger partial charge in [0.05, 0.1) is 29.0 Å². The molecule has 0 radical (unpaired) electrons. The van der Waals surface area contributed by atoms with Gasteiger partial charge in [-0.2, -0.15) is 0 Å². The second-order valence-electron chi connectivity index (χ2n) is 5.40. The highest BCUT2D eigenvalue weighted by Gasteiger charge is 2.30. The predicted octanol–water partition coefficient (Wildman–Crippen LogP) is 2.52. The van der Waals surface area contributed by atoms with Crippen molar-refractivity contribution in [1.82, 2.24) is 9.88 Å².